The fraction of sp³-hybridized carbons (Fsp3) is 0.133. The minimum atomic E-state index is -0.484. The van der Waals surface area contributed by atoms with Gasteiger partial charge in [0.25, 0.3) is 0 Å². The average Bonchev–Trinajstić information content (AvgIpc) is 2.42. The van der Waals surface area contributed by atoms with Crippen molar-refractivity contribution in [2.24, 2.45) is 0 Å². The van der Waals surface area contributed by atoms with Crippen LogP contribution in [-0.4, -0.2) is 5.91 Å². The number of nitrogen functional groups attached to an aromatic ring is 1. The van der Waals surface area contributed by atoms with Crippen molar-refractivity contribution in [1.29, 1.82) is 0 Å². The third kappa shape index (κ3) is 3.81. The van der Waals surface area contributed by atoms with Crippen LogP contribution in [0, 0.1) is 5.82 Å². The summed E-state index contributed by atoms with van der Waals surface area (Å²) in [6.45, 7) is 0. The molecule has 2 rings (SSSR count). The van der Waals surface area contributed by atoms with E-state index in [1.54, 1.807) is 0 Å². The highest BCUT2D eigenvalue weighted by Crippen LogP contribution is 2.17. The lowest BCUT2D eigenvalue weighted by atomic mass is 10.1. The van der Waals surface area contributed by atoms with Gasteiger partial charge in [0.2, 0.25) is 5.91 Å². The molecule has 2 aromatic carbocycles. The molecule has 0 aliphatic heterocycles. The van der Waals surface area contributed by atoms with Gasteiger partial charge >= 0.3 is 0 Å². The minimum Gasteiger partial charge on any atom is -0.399 e. The van der Waals surface area contributed by atoms with Crippen LogP contribution in [0.4, 0.5) is 15.8 Å². The molecule has 0 bridgehead atoms. The summed E-state index contributed by atoms with van der Waals surface area (Å²) in [5.41, 5.74) is 7.16. The van der Waals surface area contributed by atoms with Crippen molar-refractivity contribution in [2.75, 3.05) is 11.1 Å². The van der Waals surface area contributed by atoms with Crippen LogP contribution in [-0.2, 0) is 11.2 Å². The fourth-order valence-corrected chi connectivity index (χ4v) is 1.75. The largest absolute Gasteiger partial charge is 0.399 e. The number of hydrogen-bond acceptors (Lipinski definition) is 2. The smallest absolute Gasteiger partial charge is 0.224 e. The van der Waals surface area contributed by atoms with Crippen molar-refractivity contribution in [3.05, 3.63) is 59.9 Å². The van der Waals surface area contributed by atoms with Crippen LogP contribution in [0.5, 0.6) is 0 Å². The summed E-state index contributed by atoms with van der Waals surface area (Å²) in [6, 6.07) is 13.8. The monoisotopic (exact) mass is 258 g/mol. The van der Waals surface area contributed by atoms with E-state index >= 15 is 0 Å². The van der Waals surface area contributed by atoms with E-state index < -0.39 is 5.82 Å². The third-order valence-electron chi connectivity index (χ3n) is 2.75. The number of nitrogens with one attached hydrogen (secondary N) is 1. The molecule has 19 heavy (non-hydrogen) atoms. The summed E-state index contributed by atoms with van der Waals surface area (Å²) in [5, 5.41) is 2.53. The van der Waals surface area contributed by atoms with E-state index in [0.717, 1.165) is 5.56 Å². The van der Waals surface area contributed by atoms with Crippen LogP contribution in [0.15, 0.2) is 48.5 Å². The second kappa shape index (κ2) is 6.00. The van der Waals surface area contributed by atoms with E-state index in [4.69, 9.17) is 5.73 Å². The summed E-state index contributed by atoms with van der Waals surface area (Å²) >= 11 is 0. The Balaban J connectivity index is 1.93. The Morgan fingerprint density at radius 2 is 1.89 bits per heavy atom. The van der Waals surface area contributed by atoms with Crippen molar-refractivity contribution in [3.8, 4) is 0 Å². The van der Waals surface area contributed by atoms with Gasteiger partial charge in [-0.05, 0) is 30.2 Å². The van der Waals surface area contributed by atoms with Crippen molar-refractivity contribution < 1.29 is 9.18 Å². The highest BCUT2D eigenvalue weighted by molar-refractivity contribution is 5.91. The molecule has 0 saturated carbocycles. The number of halogens is 1. The zero-order chi connectivity index (χ0) is 13.7. The molecule has 0 saturated heterocycles. The van der Waals surface area contributed by atoms with Gasteiger partial charge in [0.1, 0.15) is 5.82 Å². The SMILES string of the molecule is Nc1ccc(F)c(NC(=O)CCc2ccccc2)c1. The number of amides is 1. The average molecular weight is 258 g/mol. The second-order valence-corrected chi connectivity index (χ2v) is 4.27. The van der Waals surface area contributed by atoms with Crippen LogP contribution in [0.3, 0.4) is 0 Å². The molecular formula is C15H15FN2O. The molecule has 0 spiro atoms. The Bertz CT molecular complexity index is 570. The molecule has 1 amide bonds. The minimum absolute atomic E-state index is 0.123. The second-order valence-electron chi connectivity index (χ2n) is 4.27. The van der Waals surface area contributed by atoms with E-state index in [0.29, 0.717) is 18.5 Å². The van der Waals surface area contributed by atoms with E-state index in [1.165, 1.54) is 18.2 Å². The summed E-state index contributed by atoms with van der Waals surface area (Å²) < 4.78 is 13.4. The van der Waals surface area contributed by atoms with Gasteiger partial charge in [0.15, 0.2) is 0 Å². The quantitative estimate of drug-likeness (QED) is 0.828. The maximum Gasteiger partial charge on any atom is 0.224 e. The number of rotatable bonds is 4. The summed E-state index contributed by atoms with van der Waals surface area (Å²) in [5.74, 6) is -0.712. The Kier molecular flexibility index (Phi) is 4.13. The normalized spacial score (nSPS) is 10.2. The van der Waals surface area contributed by atoms with Gasteiger partial charge in [-0.2, -0.15) is 0 Å². The van der Waals surface area contributed by atoms with Crippen LogP contribution in [0.2, 0.25) is 0 Å². The first kappa shape index (κ1) is 13.1. The van der Waals surface area contributed by atoms with E-state index in [1.807, 2.05) is 30.3 Å². The number of hydrogen-bond donors (Lipinski definition) is 2. The zero-order valence-electron chi connectivity index (χ0n) is 10.4. The molecule has 0 atom stereocenters. The summed E-state index contributed by atoms with van der Waals surface area (Å²) in [4.78, 5) is 11.7. The fourth-order valence-electron chi connectivity index (χ4n) is 1.75. The molecule has 0 radical (unpaired) electrons. The van der Waals surface area contributed by atoms with Gasteiger partial charge in [-0.15, -0.1) is 0 Å². The van der Waals surface area contributed by atoms with Gasteiger partial charge in [-0.3, -0.25) is 4.79 Å². The van der Waals surface area contributed by atoms with Crippen LogP contribution >= 0.6 is 0 Å². The Labute approximate surface area is 111 Å². The first-order chi connectivity index (χ1) is 9.15. The van der Waals surface area contributed by atoms with Gasteiger partial charge in [-0.25, -0.2) is 4.39 Å². The first-order valence-electron chi connectivity index (χ1n) is 6.04. The predicted octanol–water partition coefficient (Wildman–Crippen LogP) is 2.98. The summed E-state index contributed by atoms with van der Waals surface area (Å²) in [7, 11) is 0. The standard InChI is InChI=1S/C15H15FN2O/c16-13-8-7-12(17)10-14(13)18-15(19)9-6-11-4-2-1-3-5-11/h1-5,7-8,10H,6,9,17H2,(H,18,19). The molecule has 0 heterocycles. The molecule has 3 N–H and O–H groups in total. The molecule has 4 heteroatoms. The predicted molar refractivity (Wildman–Crippen MR) is 74.2 cm³/mol. The maximum atomic E-state index is 13.4. The van der Waals surface area contributed by atoms with Crippen molar-refractivity contribution in [3.63, 3.8) is 0 Å². The molecular weight excluding hydrogens is 243 g/mol. The molecule has 0 fully saturated rings. The molecule has 0 aromatic heterocycles. The van der Waals surface area contributed by atoms with E-state index in [2.05, 4.69) is 5.32 Å². The molecule has 98 valence electrons. The molecule has 2 aromatic rings. The lowest BCUT2D eigenvalue weighted by Gasteiger charge is -2.07. The summed E-state index contributed by atoms with van der Waals surface area (Å²) in [6.07, 6.45) is 0.925. The highest BCUT2D eigenvalue weighted by atomic mass is 19.1. The first-order valence-corrected chi connectivity index (χ1v) is 6.04. The Hall–Kier alpha value is -2.36. The third-order valence-corrected chi connectivity index (χ3v) is 2.75. The number of anilines is 2. The molecule has 0 aliphatic rings. The van der Waals surface area contributed by atoms with Crippen molar-refractivity contribution >= 4 is 17.3 Å². The Morgan fingerprint density at radius 1 is 1.16 bits per heavy atom. The molecule has 0 unspecified atom stereocenters. The van der Waals surface area contributed by atoms with Crippen LogP contribution in [0.25, 0.3) is 0 Å². The number of carbonyl (C=O) groups is 1. The zero-order valence-corrected chi connectivity index (χ0v) is 10.4. The number of nitrogens with two attached hydrogens (primary N) is 1. The van der Waals surface area contributed by atoms with E-state index in [-0.39, 0.29) is 11.6 Å². The van der Waals surface area contributed by atoms with Crippen molar-refractivity contribution in [1.82, 2.24) is 0 Å². The van der Waals surface area contributed by atoms with Crippen LogP contribution in [0.1, 0.15) is 12.0 Å². The van der Waals surface area contributed by atoms with Crippen LogP contribution < -0.4 is 11.1 Å². The van der Waals surface area contributed by atoms with Gasteiger partial charge in [0, 0.05) is 12.1 Å². The molecule has 0 aliphatic carbocycles. The maximum absolute atomic E-state index is 13.4. The van der Waals surface area contributed by atoms with Gasteiger partial charge in [-0.1, -0.05) is 30.3 Å². The van der Waals surface area contributed by atoms with Gasteiger partial charge in [0.05, 0.1) is 5.69 Å². The van der Waals surface area contributed by atoms with Gasteiger partial charge < -0.3 is 11.1 Å². The van der Waals surface area contributed by atoms with E-state index in [9.17, 15) is 9.18 Å². The Morgan fingerprint density at radius 3 is 2.63 bits per heavy atom. The van der Waals surface area contributed by atoms with Crippen molar-refractivity contribution in [2.45, 2.75) is 12.8 Å². The lowest BCUT2D eigenvalue weighted by Crippen LogP contribution is -2.13. The highest BCUT2D eigenvalue weighted by Gasteiger charge is 2.07. The lowest BCUT2D eigenvalue weighted by molar-refractivity contribution is -0.116. The number of carbonyl (C=O) groups excluding carboxylic acids is 1. The number of benzene rings is 2. The number of aryl methyl sites for hydroxylation is 1. The topological polar surface area (TPSA) is 55.1 Å². The molecule has 3 nitrogen and oxygen atoms in total.